The van der Waals surface area contributed by atoms with Crippen LogP contribution < -0.4 is 0 Å². The molecule has 0 unspecified atom stereocenters. The van der Waals surface area contributed by atoms with Gasteiger partial charge in [-0.1, -0.05) is 39.3 Å². The zero-order valence-electron chi connectivity index (χ0n) is 22.4. The highest BCUT2D eigenvalue weighted by atomic mass is 16.3. The fourth-order valence-electron chi connectivity index (χ4n) is 8.64. The van der Waals surface area contributed by atoms with E-state index >= 15 is 0 Å². The average Bonchev–Trinajstić information content (AvgIpc) is 3.07. The second-order valence-electron chi connectivity index (χ2n) is 13.2. The van der Waals surface area contributed by atoms with Crippen LogP contribution in [0, 0.1) is 34.5 Å². The molecule has 0 aromatic carbocycles. The van der Waals surface area contributed by atoms with Crippen molar-refractivity contribution in [1.29, 1.82) is 0 Å². The number of aliphatic hydroxyl groups excluding tert-OH is 4. The van der Waals surface area contributed by atoms with Gasteiger partial charge in [0.15, 0.2) is 5.78 Å². The molecule has 204 valence electrons. The highest BCUT2D eigenvalue weighted by Crippen LogP contribution is 2.68. The van der Waals surface area contributed by atoms with Crippen molar-refractivity contribution in [1.82, 2.24) is 0 Å². The number of aliphatic hydroxyl groups is 6. The summed E-state index contributed by atoms with van der Waals surface area (Å²) in [4.78, 5) is 13.3. The molecule has 4 aliphatic carbocycles. The van der Waals surface area contributed by atoms with E-state index in [2.05, 4.69) is 0 Å². The molecule has 4 rings (SSSR count). The third-order valence-corrected chi connectivity index (χ3v) is 11.0. The summed E-state index contributed by atoms with van der Waals surface area (Å²) in [5.74, 6) is -0.848. The molecule has 6 N–H and O–H groups in total. The largest absolute Gasteiger partial charge is 0.392 e. The van der Waals surface area contributed by atoms with Crippen LogP contribution in [-0.4, -0.2) is 72.5 Å². The minimum absolute atomic E-state index is 0.0888. The Morgan fingerprint density at radius 2 is 1.83 bits per heavy atom. The Morgan fingerprint density at radius 1 is 1.17 bits per heavy atom. The molecule has 0 bridgehead atoms. The van der Waals surface area contributed by atoms with Crippen LogP contribution in [0.2, 0.25) is 0 Å². The van der Waals surface area contributed by atoms with Gasteiger partial charge in [0.1, 0.15) is 0 Å². The van der Waals surface area contributed by atoms with Gasteiger partial charge < -0.3 is 30.6 Å². The van der Waals surface area contributed by atoms with Gasteiger partial charge in [-0.05, 0) is 86.7 Å². The molecule has 36 heavy (non-hydrogen) atoms. The maximum absolute atomic E-state index is 13.3. The van der Waals surface area contributed by atoms with Gasteiger partial charge in [0.2, 0.25) is 0 Å². The Morgan fingerprint density at radius 3 is 2.44 bits per heavy atom. The van der Waals surface area contributed by atoms with Crippen molar-refractivity contribution in [3.05, 3.63) is 23.3 Å². The summed E-state index contributed by atoms with van der Waals surface area (Å²) < 4.78 is 0. The second kappa shape index (κ2) is 9.28. The van der Waals surface area contributed by atoms with E-state index in [1.165, 1.54) is 0 Å². The summed E-state index contributed by atoms with van der Waals surface area (Å²) in [6.07, 6.45) is 3.43. The molecular formula is C29H46O7. The first kappa shape index (κ1) is 27.9. The lowest BCUT2D eigenvalue weighted by atomic mass is 9.45. The third kappa shape index (κ3) is 3.97. The Kier molecular flexibility index (Phi) is 7.20. The van der Waals surface area contributed by atoms with E-state index in [0.29, 0.717) is 37.7 Å². The summed E-state index contributed by atoms with van der Waals surface area (Å²) in [6.45, 7) is 9.50. The van der Waals surface area contributed by atoms with E-state index in [-0.39, 0.29) is 43.0 Å². The highest BCUT2D eigenvalue weighted by Gasteiger charge is 2.69. The molecule has 0 amide bonds. The van der Waals surface area contributed by atoms with Gasteiger partial charge in [0.25, 0.3) is 0 Å². The number of carbonyl (C=O) groups is 1. The summed E-state index contributed by atoms with van der Waals surface area (Å²) in [6, 6.07) is 0. The summed E-state index contributed by atoms with van der Waals surface area (Å²) in [7, 11) is 0. The number of carbonyl (C=O) groups excluding carboxylic acids is 1. The minimum Gasteiger partial charge on any atom is -0.392 e. The SMILES string of the molecule is CC(C)/C(=C/CO)C[C@@H](O)[C@](C)(O)[C@H]1CC[C@@]2(O)C3=CC(=O)[C@@H]4C[C@@H](O)[C@@H](O)C[C@]4(C)[C@H]3CC[C@]12C. The number of hydrogen-bond donors (Lipinski definition) is 6. The van der Waals surface area contributed by atoms with E-state index in [0.717, 1.165) is 5.57 Å². The monoisotopic (exact) mass is 506 g/mol. The lowest BCUT2D eigenvalue weighted by molar-refractivity contribution is -0.175. The Bertz CT molecular complexity index is 938. The molecule has 3 saturated carbocycles. The van der Waals surface area contributed by atoms with E-state index in [1.54, 1.807) is 19.1 Å². The Labute approximate surface area is 214 Å². The van der Waals surface area contributed by atoms with Gasteiger partial charge in [0, 0.05) is 11.3 Å². The van der Waals surface area contributed by atoms with Crippen molar-refractivity contribution >= 4 is 5.78 Å². The van der Waals surface area contributed by atoms with Gasteiger partial charge >= 0.3 is 0 Å². The van der Waals surface area contributed by atoms with Gasteiger partial charge in [0.05, 0.1) is 36.1 Å². The smallest absolute Gasteiger partial charge is 0.159 e. The molecule has 3 fully saturated rings. The molecule has 0 aromatic rings. The lowest BCUT2D eigenvalue weighted by Gasteiger charge is -2.60. The van der Waals surface area contributed by atoms with Crippen LogP contribution in [0.3, 0.4) is 0 Å². The summed E-state index contributed by atoms with van der Waals surface area (Å²) >= 11 is 0. The molecule has 0 aromatic heterocycles. The van der Waals surface area contributed by atoms with Crippen LogP contribution in [0.4, 0.5) is 0 Å². The molecule has 7 heteroatoms. The molecule has 0 heterocycles. The number of rotatable bonds is 6. The standard InChI is InChI=1S/C29H46O7/c1-16(2)17(8-11-30)12-25(34)28(5,35)24-7-10-29(36)19-13-21(31)20-14-22(32)23(33)15-26(20,3)18(19)6-9-27(24,29)4/h8,13,16,18,20,22-25,30,32-36H,6-7,9-12,14-15H2,1-5H3/b17-8+/t18-,20-,22+,23-,24-,25+,26+,27+,28+,29+/m0/s1. The van der Waals surface area contributed by atoms with Crippen LogP contribution in [0.15, 0.2) is 23.3 Å². The molecule has 0 saturated heterocycles. The number of allylic oxidation sites excluding steroid dienone is 1. The van der Waals surface area contributed by atoms with Gasteiger partial charge in [-0.2, -0.15) is 0 Å². The fraction of sp³-hybridized carbons (Fsp3) is 0.828. The molecule has 10 atom stereocenters. The molecular weight excluding hydrogens is 460 g/mol. The van der Waals surface area contributed by atoms with Crippen LogP contribution >= 0.6 is 0 Å². The van der Waals surface area contributed by atoms with Crippen LogP contribution in [-0.2, 0) is 4.79 Å². The first-order chi connectivity index (χ1) is 16.6. The normalized spacial score (nSPS) is 45.4. The first-order valence-electron chi connectivity index (χ1n) is 13.7. The first-order valence-corrected chi connectivity index (χ1v) is 13.7. The molecule has 0 radical (unpaired) electrons. The predicted molar refractivity (Wildman–Crippen MR) is 136 cm³/mol. The maximum Gasteiger partial charge on any atom is 0.159 e. The molecule has 7 nitrogen and oxygen atoms in total. The van der Waals surface area contributed by atoms with Crippen molar-refractivity contribution < 1.29 is 35.4 Å². The van der Waals surface area contributed by atoms with E-state index < -0.39 is 46.3 Å². The van der Waals surface area contributed by atoms with Crippen LogP contribution in [0.1, 0.15) is 79.6 Å². The van der Waals surface area contributed by atoms with Crippen molar-refractivity contribution in [2.24, 2.45) is 34.5 Å². The Hall–Kier alpha value is -1.09. The van der Waals surface area contributed by atoms with E-state index in [1.807, 2.05) is 27.7 Å². The van der Waals surface area contributed by atoms with E-state index in [4.69, 9.17) is 0 Å². The van der Waals surface area contributed by atoms with Crippen molar-refractivity contribution in [3.63, 3.8) is 0 Å². The van der Waals surface area contributed by atoms with Crippen LogP contribution in [0.5, 0.6) is 0 Å². The topological polar surface area (TPSA) is 138 Å². The zero-order valence-corrected chi connectivity index (χ0v) is 22.4. The van der Waals surface area contributed by atoms with Crippen molar-refractivity contribution in [3.8, 4) is 0 Å². The average molecular weight is 507 g/mol. The number of fused-ring (bicyclic) bond motifs is 5. The summed E-state index contributed by atoms with van der Waals surface area (Å²) in [5, 5.41) is 65.4. The van der Waals surface area contributed by atoms with Gasteiger partial charge in [-0.25, -0.2) is 0 Å². The van der Waals surface area contributed by atoms with E-state index in [9.17, 15) is 35.4 Å². The lowest BCUT2D eigenvalue weighted by Crippen LogP contribution is -2.62. The van der Waals surface area contributed by atoms with Crippen molar-refractivity contribution in [2.75, 3.05) is 6.61 Å². The number of hydrogen-bond acceptors (Lipinski definition) is 7. The summed E-state index contributed by atoms with van der Waals surface area (Å²) in [5.41, 5.74) is -2.47. The fourth-order valence-corrected chi connectivity index (χ4v) is 8.64. The zero-order chi connectivity index (χ0) is 26.8. The highest BCUT2D eigenvalue weighted by molar-refractivity contribution is 5.95. The molecule has 0 aliphatic heterocycles. The van der Waals surface area contributed by atoms with Crippen molar-refractivity contribution in [2.45, 2.75) is 109 Å². The quantitative estimate of drug-likeness (QED) is 0.304. The van der Waals surface area contributed by atoms with Gasteiger partial charge in [-0.3, -0.25) is 4.79 Å². The third-order valence-electron chi connectivity index (χ3n) is 11.0. The van der Waals surface area contributed by atoms with Crippen LogP contribution in [0.25, 0.3) is 0 Å². The molecule has 0 spiro atoms. The van der Waals surface area contributed by atoms with Gasteiger partial charge in [-0.15, -0.1) is 0 Å². The minimum atomic E-state index is -1.48. The maximum atomic E-state index is 13.3. The predicted octanol–water partition coefficient (Wildman–Crippen LogP) is 2.27. The second-order valence-corrected chi connectivity index (χ2v) is 13.2. The Balaban J connectivity index is 1.67. The molecule has 4 aliphatic rings. The number of ketones is 1.